The van der Waals surface area contributed by atoms with E-state index < -0.39 is 6.10 Å². The quantitative estimate of drug-likeness (QED) is 0.742. The molecule has 1 aliphatic heterocycles. The molecule has 2 unspecified atom stereocenters. The molecule has 0 aromatic heterocycles. The van der Waals surface area contributed by atoms with Crippen LogP contribution in [0.25, 0.3) is 0 Å². The van der Waals surface area contributed by atoms with Crippen molar-refractivity contribution in [3.8, 4) is 5.75 Å². The van der Waals surface area contributed by atoms with Gasteiger partial charge < -0.3 is 20.5 Å². The largest absolute Gasteiger partial charge is 0.479 e. The maximum atomic E-state index is 11.5. The number of hydrogen-bond donors (Lipinski definition) is 3. The van der Waals surface area contributed by atoms with Gasteiger partial charge in [0.25, 0.3) is 5.91 Å². The highest BCUT2D eigenvalue weighted by Crippen LogP contribution is 2.30. The van der Waals surface area contributed by atoms with Gasteiger partial charge in [0, 0.05) is 12.6 Å². The second-order valence-electron chi connectivity index (χ2n) is 4.54. The highest BCUT2D eigenvalue weighted by atomic mass is 16.5. The minimum Gasteiger partial charge on any atom is -0.479 e. The van der Waals surface area contributed by atoms with Gasteiger partial charge in [-0.3, -0.25) is 4.79 Å². The van der Waals surface area contributed by atoms with Crippen molar-refractivity contribution >= 4 is 11.6 Å². The first-order valence-electron chi connectivity index (χ1n) is 6.05. The van der Waals surface area contributed by atoms with Crippen LogP contribution in [0.2, 0.25) is 0 Å². The summed E-state index contributed by atoms with van der Waals surface area (Å²) in [6.45, 7) is 4.37. The van der Waals surface area contributed by atoms with Crippen LogP contribution in [0, 0.1) is 0 Å². The smallest absolute Gasteiger partial charge is 0.265 e. The van der Waals surface area contributed by atoms with Crippen LogP contribution in [0.1, 0.15) is 19.4 Å². The number of carbonyl (C=O) groups is 1. The topological polar surface area (TPSA) is 70.6 Å². The number of anilines is 1. The number of carbonyl (C=O) groups excluding carboxylic acids is 1. The van der Waals surface area contributed by atoms with Crippen molar-refractivity contribution in [1.82, 2.24) is 5.32 Å². The fraction of sp³-hybridized carbons (Fsp3) is 0.462. The molecule has 0 aliphatic carbocycles. The molecule has 5 heteroatoms. The van der Waals surface area contributed by atoms with E-state index in [-0.39, 0.29) is 18.6 Å². The second kappa shape index (κ2) is 5.37. The fourth-order valence-corrected chi connectivity index (χ4v) is 1.72. The van der Waals surface area contributed by atoms with Crippen LogP contribution in [0.5, 0.6) is 5.75 Å². The van der Waals surface area contributed by atoms with Crippen LogP contribution >= 0.6 is 0 Å². The third-order valence-electron chi connectivity index (χ3n) is 2.90. The predicted octanol–water partition coefficient (Wildman–Crippen LogP) is 0.876. The van der Waals surface area contributed by atoms with Gasteiger partial charge in [0.05, 0.1) is 12.3 Å². The van der Waals surface area contributed by atoms with E-state index >= 15 is 0 Å². The zero-order valence-electron chi connectivity index (χ0n) is 10.6. The molecule has 0 spiro atoms. The predicted molar refractivity (Wildman–Crippen MR) is 68.5 cm³/mol. The van der Waals surface area contributed by atoms with Crippen molar-refractivity contribution < 1.29 is 14.6 Å². The molecule has 98 valence electrons. The molecule has 0 saturated heterocycles. The lowest BCUT2D eigenvalue weighted by molar-refractivity contribution is -0.122. The van der Waals surface area contributed by atoms with Crippen LogP contribution < -0.4 is 15.4 Å². The lowest BCUT2D eigenvalue weighted by atomic mass is 10.1. The molecule has 1 aromatic carbocycles. The van der Waals surface area contributed by atoms with Gasteiger partial charge in [-0.2, -0.15) is 0 Å². The zero-order valence-corrected chi connectivity index (χ0v) is 10.6. The Morgan fingerprint density at radius 2 is 2.33 bits per heavy atom. The summed E-state index contributed by atoms with van der Waals surface area (Å²) >= 11 is 0. The Morgan fingerprint density at radius 3 is 3.06 bits per heavy atom. The lowest BCUT2D eigenvalue weighted by Crippen LogP contribution is -2.34. The summed E-state index contributed by atoms with van der Waals surface area (Å²) in [5.74, 6) is 0.567. The van der Waals surface area contributed by atoms with Crippen molar-refractivity contribution in [2.75, 3.05) is 11.9 Å². The van der Waals surface area contributed by atoms with Crippen molar-refractivity contribution in [2.24, 2.45) is 0 Å². The Bertz CT molecular complexity index is 448. The molecule has 0 radical (unpaired) electrons. The number of amides is 1. The number of aliphatic hydroxyl groups excluding tert-OH is 1. The van der Waals surface area contributed by atoms with Gasteiger partial charge in [-0.1, -0.05) is 6.07 Å². The Morgan fingerprint density at radius 1 is 1.56 bits per heavy atom. The highest BCUT2D eigenvalue weighted by Gasteiger charge is 2.23. The van der Waals surface area contributed by atoms with Gasteiger partial charge in [0.15, 0.2) is 6.10 Å². The van der Waals surface area contributed by atoms with Gasteiger partial charge in [0.1, 0.15) is 5.75 Å². The van der Waals surface area contributed by atoms with E-state index in [0.29, 0.717) is 18.0 Å². The Labute approximate surface area is 106 Å². The van der Waals surface area contributed by atoms with Crippen molar-refractivity contribution in [3.05, 3.63) is 23.8 Å². The number of benzene rings is 1. The molecule has 1 amide bonds. The third-order valence-corrected chi connectivity index (χ3v) is 2.90. The van der Waals surface area contributed by atoms with E-state index in [9.17, 15) is 4.79 Å². The molecule has 5 nitrogen and oxygen atoms in total. The summed E-state index contributed by atoms with van der Waals surface area (Å²) in [5.41, 5.74) is 1.74. The van der Waals surface area contributed by atoms with Gasteiger partial charge >= 0.3 is 0 Å². The molecule has 1 aliphatic rings. The van der Waals surface area contributed by atoms with E-state index in [0.717, 1.165) is 5.56 Å². The molecule has 0 saturated carbocycles. The van der Waals surface area contributed by atoms with Gasteiger partial charge in [0.2, 0.25) is 0 Å². The first-order valence-corrected chi connectivity index (χ1v) is 6.05. The van der Waals surface area contributed by atoms with Crippen molar-refractivity contribution in [3.63, 3.8) is 0 Å². The van der Waals surface area contributed by atoms with Crippen LogP contribution in [0.3, 0.4) is 0 Å². The SMILES string of the molecule is CC(CO)NCc1ccc2c(c1)NC(=O)C(C)O2. The summed E-state index contributed by atoms with van der Waals surface area (Å²) in [6.07, 6.45) is -0.448. The van der Waals surface area contributed by atoms with E-state index in [1.54, 1.807) is 6.92 Å². The molecule has 0 fully saturated rings. The molecule has 2 atom stereocenters. The standard InChI is InChI=1S/C13H18N2O3/c1-8(7-16)14-6-10-3-4-12-11(5-10)15-13(17)9(2)18-12/h3-5,8-9,14,16H,6-7H2,1-2H3,(H,15,17). The number of hydrogen-bond acceptors (Lipinski definition) is 4. The zero-order chi connectivity index (χ0) is 13.1. The molecule has 2 rings (SSSR count). The summed E-state index contributed by atoms with van der Waals surface area (Å²) < 4.78 is 5.47. The normalized spacial score (nSPS) is 19.7. The molecule has 1 aromatic rings. The lowest BCUT2D eigenvalue weighted by Gasteiger charge is -2.23. The van der Waals surface area contributed by atoms with Gasteiger partial charge in [-0.25, -0.2) is 0 Å². The highest BCUT2D eigenvalue weighted by molar-refractivity contribution is 5.97. The number of rotatable bonds is 4. The molecule has 1 heterocycles. The average molecular weight is 250 g/mol. The van der Waals surface area contributed by atoms with Crippen LogP contribution in [0.4, 0.5) is 5.69 Å². The van der Waals surface area contributed by atoms with Gasteiger partial charge in [-0.15, -0.1) is 0 Å². The fourth-order valence-electron chi connectivity index (χ4n) is 1.72. The third kappa shape index (κ3) is 2.80. The summed E-state index contributed by atoms with van der Waals surface area (Å²) in [5, 5.41) is 14.9. The van der Waals surface area contributed by atoms with E-state index in [4.69, 9.17) is 9.84 Å². The molecular weight excluding hydrogens is 232 g/mol. The van der Waals surface area contributed by atoms with Crippen molar-refractivity contribution in [1.29, 1.82) is 0 Å². The van der Waals surface area contributed by atoms with E-state index in [1.165, 1.54) is 0 Å². The second-order valence-corrected chi connectivity index (χ2v) is 4.54. The number of nitrogens with one attached hydrogen (secondary N) is 2. The van der Waals surface area contributed by atoms with Crippen LogP contribution in [-0.2, 0) is 11.3 Å². The summed E-state index contributed by atoms with van der Waals surface area (Å²) in [7, 11) is 0. The summed E-state index contributed by atoms with van der Waals surface area (Å²) in [4.78, 5) is 11.5. The van der Waals surface area contributed by atoms with E-state index in [1.807, 2.05) is 25.1 Å². The first-order chi connectivity index (χ1) is 8.60. The minimum atomic E-state index is -0.448. The molecular formula is C13H18N2O3. The maximum Gasteiger partial charge on any atom is 0.265 e. The van der Waals surface area contributed by atoms with E-state index in [2.05, 4.69) is 10.6 Å². The molecule has 3 N–H and O–H groups in total. The first kappa shape index (κ1) is 12.9. The van der Waals surface area contributed by atoms with Crippen molar-refractivity contribution in [2.45, 2.75) is 32.5 Å². The van der Waals surface area contributed by atoms with Crippen LogP contribution in [0.15, 0.2) is 18.2 Å². The number of aliphatic hydroxyl groups is 1. The molecule has 18 heavy (non-hydrogen) atoms. The number of ether oxygens (including phenoxy) is 1. The van der Waals surface area contributed by atoms with Crippen LogP contribution in [-0.4, -0.2) is 29.8 Å². The average Bonchev–Trinajstić information content (AvgIpc) is 2.37. The number of fused-ring (bicyclic) bond motifs is 1. The minimum absolute atomic E-state index is 0.0481. The monoisotopic (exact) mass is 250 g/mol. The maximum absolute atomic E-state index is 11.5. The van der Waals surface area contributed by atoms with Gasteiger partial charge in [-0.05, 0) is 31.5 Å². The Kier molecular flexibility index (Phi) is 3.84. The summed E-state index contributed by atoms with van der Waals surface area (Å²) in [6, 6.07) is 5.73. The molecule has 0 bridgehead atoms. The Hall–Kier alpha value is -1.59. The Balaban J connectivity index is 2.08.